The van der Waals surface area contributed by atoms with Crippen LogP contribution in [-0.4, -0.2) is 42.0 Å². The monoisotopic (exact) mass is 410 g/mol. The van der Waals surface area contributed by atoms with Gasteiger partial charge in [-0.1, -0.05) is 23.7 Å². The molecule has 1 aromatic heterocycles. The van der Waals surface area contributed by atoms with Crippen LogP contribution >= 0.6 is 11.6 Å². The highest BCUT2D eigenvalue weighted by Crippen LogP contribution is 2.39. The summed E-state index contributed by atoms with van der Waals surface area (Å²) in [6.07, 6.45) is 0.602. The first-order valence-electron chi connectivity index (χ1n) is 9.39. The molecule has 0 amide bonds. The van der Waals surface area contributed by atoms with Crippen LogP contribution in [0.3, 0.4) is 0 Å². The molecule has 2 N–H and O–H groups in total. The number of hydrogen-bond donors (Lipinski definition) is 2. The number of aromatic nitrogens is 1. The van der Waals surface area contributed by atoms with Gasteiger partial charge in [-0.3, -0.25) is 9.80 Å². The lowest BCUT2D eigenvalue weighted by Crippen LogP contribution is -2.23. The molecular weight excluding hydrogens is 388 g/mol. The van der Waals surface area contributed by atoms with Crippen molar-refractivity contribution in [2.45, 2.75) is 19.4 Å². The van der Waals surface area contributed by atoms with E-state index in [1.165, 1.54) is 0 Å². The summed E-state index contributed by atoms with van der Waals surface area (Å²) in [5, 5.41) is 18.2. The maximum Gasteiger partial charge on any atom is 0.257 e. The normalized spacial score (nSPS) is 16.4. The van der Waals surface area contributed by atoms with Crippen molar-refractivity contribution in [3.8, 4) is 16.9 Å². The summed E-state index contributed by atoms with van der Waals surface area (Å²) in [4.78, 5) is 17.6. The van der Waals surface area contributed by atoms with Gasteiger partial charge in [0.25, 0.3) is 5.56 Å². The molecule has 0 fully saturated rings. The number of benzene rings is 2. The van der Waals surface area contributed by atoms with Crippen LogP contribution in [0.25, 0.3) is 22.0 Å². The standard InChI is InChI=1S/C22H23ClN4O2/c1-12-9-19(27(4)25-12)20-21(28)16-10-15(17(23)11-18(16)24-22(20)29)13-5-7-14(8-6-13)26(2)3/h5-8,10-11,19H,9H2,1-4H3,(H2,24,28,29). The fourth-order valence-electron chi connectivity index (χ4n) is 3.86. The van der Waals surface area contributed by atoms with Gasteiger partial charge < -0.3 is 15.0 Å². The SMILES string of the molecule is CC1=NN(C)C(c2c(O)c3cc(-c4ccc(N(C)C)cc4)c(Cl)cc3[nH]c2=O)C1. The molecule has 4 rings (SSSR count). The number of aromatic hydroxyl groups is 1. The highest BCUT2D eigenvalue weighted by Gasteiger charge is 2.29. The number of anilines is 1. The zero-order valence-corrected chi connectivity index (χ0v) is 17.6. The van der Waals surface area contributed by atoms with E-state index in [1.807, 2.05) is 63.3 Å². The lowest BCUT2D eigenvalue weighted by molar-refractivity contribution is 0.281. The Hall–Kier alpha value is -2.99. The summed E-state index contributed by atoms with van der Waals surface area (Å²) in [6, 6.07) is 11.3. The van der Waals surface area contributed by atoms with Crippen molar-refractivity contribution in [3.63, 3.8) is 0 Å². The van der Waals surface area contributed by atoms with Gasteiger partial charge in [0, 0.05) is 49.9 Å². The zero-order valence-electron chi connectivity index (χ0n) is 16.8. The Bertz CT molecular complexity index is 1180. The van der Waals surface area contributed by atoms with E-state index < -0.39 is 0 Å². The Labute approximate surface area is 174 Å². The third-order valence-electron chi connectivity index (χ3n) is 5.41. The van der Waals surface area contributed by atoms with E-state index in [0.29, 0.717) is 27.9 Å². The van der Waals surface area contributed by atoms with Crippen LogP contribution in [0, 0.1) is 0 Å². The molecule has 2 heterocycles. The van der Waals surface area contributed by atoms with Gasteiger partial charge in [-0.25, -0.2) is 0 Å². The van der Waals surface area contributed by atoms with E-state index in [-0.39, 0.29) is 17.4 Å². The lowest BCUT2D eigenvalue weighted by Gasteiger charge is -2.20. The molecule has 6 nitrogen and oxygen atoms in total. The van der Waals surface area contributed by atoms with Gasteiger partial charge in [0.05, 0.1) is 22.1 Å². The van der Waals surface area contributed by atoms with E-state index in [2.05, 4.69) is 10.1 Å². The number of nitrogens with zero attached hydrogens (tertiary/aromatic N) is 3. The minimum atomic E-state index is -0.323. The van der Waals surface area contributed by atoms with E-state index in [1.54, 1.807) is 11.1 Å². The van der Waals surface area contributed by atoms with Crippen molar-refractivity contribution in [2.24, 2.45) is 5.10 Å². The smallest absolute Gasteiger partial charge is 0.257 e. The molecule has 150 valence electrons. The molecule has 0 saturated carbocycles. The Morgan fingerprint density at radius 3 is 2.52 bits per heavy atom. The highest BCUT2D eigenvalue weighted by molar-refractivity contribution is 6.34. The van der Waals surface area contributed by atoms with Gasteiger partial charge in [0.1, 0.15) is 5.75 Å². The molecule has 0 aliphatic carbocycles. The Morgan fingerprint density at radius 2 is 1.93 bits per heavy atom. The van der Waals surface area contributed by atoms with Crippen LogP contribution in [0.1, 0.15) is 24.9 Å². The maximum absolute atomic E-state index is 12.7. The van der Waals surface area contributed by atoms with E-state index >= 15 is 0 Å². The van der Waals surface area contributed by atoms with Crippen molar-refractivity contribution < 1.29 is 5.11 Å². The summed E-state index contributed by atoms with van der Waals surface area (Å²) in [6.45, 7) is 1.91. The summed E-state index contributed by atoms with van der Waals surface area (Å²) in [5.41, 5.74) is 4.26. The Kier molecular flexibility index (Phi) is 4.74. The third-order valence-corrected chi connectivity index (χ3v) is 5.72. The van der Waals surface area contributed by atoms with E-state index in [0.717, 1.165) is 22.5 Å². The molecule has 3 aromatic rings. The van der Waals surface area contributed by atoms with Gasteiger partial charge in [-0.2, -0.15) is 5.10 Å². The minimum absolute atomic E-state index is 0.0201. The van der Waals surface area contributed by atoms with Crippen molar-refractivity contribution in [1.29, 1.82) is 0 Å². The molecule has 1 aliphatic heterocycles. The molecule has 7 heteroatoms. The molecule has 1 unspecified atom stereocenters. The van der Waals surface area contributed by atoms with Crippen molar-refractivity contribution in [1.82, 2.24) is 9.99 Å². The van der Waals surface area contributed by atoms with Crippen LogP contribution in [-0.2, 0) is 0 Å². The van der Waals surface area contributed by atoms with Crippen LogP contribution in [0.5, 0.6) is 5.75 Å². The maximum atomic E-state index is 12.7. The van der Waals surface area contributed by atoms with Crippen molar-refractivity contribution in [3.05, 3.63) is 57.3 Å². The first-order valence-corrected chi connectivity index (χ1v) is 9.77. The second kappa shape index (κ2) is 7.12. The van der Waals surface area contributed by atoms with Gasteiger partial charge in [-0.15, -0.1) is 0 Å². The Morgan fingerprint density at radius 1 is 1.24 bits per heavy atom. The Balaban J connectivity index is 1.87. The average Bonchev–Trinajstić information content (AvgIpc) is 2.99. The van der Waals surface area contributed by atoms with Crippen molar-refractivity contribution in [2.75, 3.05) is 26.0 Å². The van der Waals surface area contributed by atoms with E-state index in [4.69, 9.17) is 11.6 Å². The average molecular weight is 411 g/mol. The topological polar surface area (TPSA) is 71.9 Å². The minimum Gasteiger partial charge on any atom is -0.507 e. The predicted molar refractivity (Wildman–Crippen MR) is 119 cm³/mol. The molecule has 2 aromatic carbocycles. The molecule has 29 heavy (non-hydrogen) atoms. The summed E-state index contributed by atoms with van der Waals surface area (Å²) in [7, 11) is 5.78. The molecule has 1 atom stereocenters. The van der Waals surface area contributed by atoms with Gasteiger partial charge in [0.15, 0.2) is 0 Å². The van der Waals surface area contributed by atoms with Crippen LogP contribution < -0.4 is 10.5 Å². The number of hydrazone groups is 1. The van der Waals surface area contributed by atoms with E-state index in [9.17, 15) is 9.90 Å². The van der Waals surface area contributed by atoms with Gasteiger partial charge in [0.2, 0.25) is 0 Å². The fourth-order valence-corrected chi connectivity index (χ4v) is 4.14. The second-order valence-corrected chi connectivity index (χ2v) is 8.07. The number of pyridine rings is 1. The summed E-state index contributed by atoms with van der Waals surface area (Å²) < 4.78 is 0. The predicted octanol–water partition coefficient (Wildman–Crippen LogP) is 4.37. The quantitative estimate of drug-likeness (QED) is 0.672. The number of H-pyrrole nitrogens is 1. The number of halogens is 1. The van der Waals surface area contributed by atoms with Crippen LogP contribution in [0.4, 0.5) is 5.69 Å². The first kappa shape index (κ1) is 19.3. The second-order valence-electron chi connectivity index (χ2n) is 7.66. The summed E-state index contributed by atoms with van der Waals surface area (Å²) in [5.74, 6) is -0.0201. The number of aromatic amines is 1. The number of fused-ring (bicyclic) bond motifs is 1. The molecule has 0 saturated heterocycles. The fraction of sp³-hybridized carbons (Fsp3) is 0.273. The third kappa shape index (κ3) is 3.34. The molecule has 0 radical (unpaired) electrons. The summed E-state index contributed by atoms with van der Waals surface area (Å²) >= 11 is 6.51. The number of hydrogen-bond acceptors (Lipinski definition) is 5. The van der Waals surface area contributed by atoms with Gasteiger partial charge in [-0.05, 0) is 36.8 Å². The zero-order chi connectivity index (χ0) is 20.9. The number of nitrogens with one attached hydrogen (secondary N) is 1. The lowest BCUT2D eigenvalue weighted by atomic mass is 9.98. The van der Waals surface area contributed by atoms with Crippen molar-refractivity contribution >= 4 is 33.9 Å². The first-order chi connectivity index (χ1) is 13.8. The molecule has 0 spiro atoms. The van der Waals surface area contributed by atoms with Crippen LogP contribution in [0.15, 0.2) is 46.3 Å². The molecule has 0 bridgehead atoms. The van der Waals surface area contributed by atoms with Crippen LogP contribution in [0.2, 0.25) is 5.02 Å². The molecular formula is C22H23ClN4O2. The largest absolute Gasteiger partial charge is 0.507 e. The number of rotatable bonds is 3. The van der Waals surface area contributed by atoms with Gasteiger partial charge >= 0.3 is 0 Å². The molecule has 1 aliphatic rings. The highest BCUT2D eigenvalue weighted by atomic mass is 35.5.